The first kappa shape index (κ1) is 14.9. The van der Waals surface area contributed by atoms with Crippen LogP contribution in [-0.2, 0) is 4.74 Å². The summed E-state index contributed by atoms with van der Waals surface area (Å²) in [4.78, 5) is 2.00. The summed E-state index contributed by atoms with van der Waals surface area (Å²) in [5, 5.41) is 29.2. The zero-order chi connectivity index (χ0) is 12.8. The van der Waals surface area contributed by atoms with E-state index in [0.717, 1.165) is 19.4 Å². The minimum atomic E-state index is -0.942. The van der Waals surface area contributed by atoms with Gasteiger partial charge in [-0.15, -0.1) is 0 Å². The number of aliphatic hydroxyl groups is 3. The Kier molecular flexibility index (Phi) is 6.37. The number of nitrogens with zero attached hydrogens (tertiary/aromatic N) is 1. The largest absolute Gasteiger partial charge is 0.395 e. The maximum Gasteiger partial charge on any atom is 0.109 e. The van der Waals surface area contributed by atoms with E-state index in [4.69, 9.17) is 4.74 Å². The van der Waals surface area contributed by atoms with Crippen LogP contribution in [0.15, 0.2) is 0 Å². The summed E-state index contributed by atoms with van der Waals surface area (Å²) in [6.07, 6.45) is -0.385. The molecule has 5 heteroatoms. The third-order valence-electron chi connectivity index (χ3n) is 3.24. The third kappa shape index (κ3) is 3.63. The molecule has 1 saturated heterocycles. The van der Waals surface area contributed by atoms with Gasteiger partial charge in [-0.25, -0.2) is 0 Å². The Bertz CT molecular complexity index is 215. The molecule has 0 radical (unpaired) electrons. The number of piperidine rings is 1. The second-order valence-corrected chi connectivity index (χ2v) is 4.64. The van der Waals surface area contributed by atoms with Crippen LogP contribution in [0.3, 0.4) is 0 Å². The van der Waals surface area contributed by atoms with Crippen molar-refractivity contribution in [3.8, 4) is 0 Å². The fourth-order valence-electron chi connectivity index (χ4n) is 2.33. The molecule has 1 rings (SSSR count). The van der Waals surface area contributed by atoms with Crippen molar-refractivity contribution in [3.63, 3.8) is 0 Å². The van der Waals surface area contributed by atoms with Gasteiger partial charge in [-0.1, -0.05) is 13.8 Å². The molecule has 4 atom stereocenters. The van der Waals surface area contributed by atoms with Gasteiger partial charge < -0.3 is 20.1 Å². The predicted octanol–water partition coefficient (Wildman–Crippen LogP) is -0.410. The second kappa shape index (κ2) is 7.28. The summed E-state index contributed by atoms with van der Waals surface area (Å²) in [7, 11) is 0. The zero-order valence-corrected chi connectivity index (χ0v) is 10.7. The van der Waals surface area contributed by atoms with E-state index in [1.807, 2.05) is 18.7 Å². The van der Waals surface area contributed by atoms with E-state index in [0.29, 0.717) is 13.2 Å². The smallest absolute Gasteiger partial charge is 0.109 e. The van der Waals surface area contributed by atoms with Crippen LogP contribution in [0.25, 0.3) is 0 Å². The molecule has 1 fully saturated rings. The number of ether oxygens (including phenoxy) is 1. The molecule has 0 aromatic rings. The van der Waals surface area contributed by atoms with Crippen LogP contribution < -0.4 is 0 Å². The van der Waals surface area contributed by atoms with Gasteiger partial charge in [-0.3, -0.25) is 4.90 Å². The molecule has 0 amide bonds. The molecule has 1 aliphatic heterocycles. The van der Waals surface area contributed by atoms with Gasteiger partial charge in [0.2, 0.25) is 0 Å². The number of hydrogen-bond acceptors (Lipinski definition) is 5. The lowest BCUT2D eigenvalue weighted by Crippen LogP contribution is -2.63. The first-order valence-electron chi connectivity index (χ1n) is 6.48. The van der Waals surface area contributed by atoms with E-state index in [1.165, 1.54) is 0 Å². The van der Waals surface area contributed by atoms with Crippen LogP contribution in [0, 0.1) is 0 Å². The van der Waals surface area contributed by atoms with Crippen molar-refractivity contribution in [2.45, 2.75) is 51.0 Å². The molecule has 0 aromatic heterocycles. The highest BCUT2D eigenvalue weighted by Gasteiger charge is 2.41. The molecule has 0 bridgehead atoms. The second-order valence-electron chi connectivity index (χ2n) is 4.64. The summed E-state index contributed by atoms with van der Waals surface area (Å²) >= 11 is 0. The van der Waals surface area contributed by atoms with Gasteiger partial charge in [-0.05, 0) is 19.4 Å². The SMILES string of the molecule is CCCOC1CN(CCC)C(CO)[C@@H](O)C1O. The number of hydrogen-bond donors (Lipinski definition) is 3. The van der Waals surface area contributed by atoms with Crippen molar-refractivity contribution in [1.82, 2.24) is 4.90 Å². The zero-order valence-electron chi connectivity index (χ0n) is 10.7. The molecule has 5 nitrogen and oxygen atoms in total. The highest BCUT2D eigenvalue weighted by atomic mass is 16.5. The van der Waals surface area contributed by atoms with Crippen molar-refractivity contribution in [1.29, 1.82) is 0 Å². The van der Waals surface area contributed by atoms with Gasteiger partial charge in [0.05, 0.1) is 18.8 Å². The maximum atomic E-state index is 9.97. The summed E-state index contributed by atoms with van der Waals surface area (Å²) in [6, 6.07) is -0.383. The highest BCUT2D eigenvalue weighted by molar-refractivity contribution is 4.94. The van der Waals surface area contributed by atoms with E-state index in [-0.39, 0.29) is 18.8 Å². The van der Waals surface area contributed by atoms with Crippen molar-refractivity contribution < 1.29 is 20.1 Å². The lowest BCUT2D eigenvalue weighted by atomic mass is 9.94. The molecule has 0 aliphatic carbocycles. The maximum absolute atomic E-state index is 9.97. The topological polar surface area (TPSA) is 73.2 Å². The summed E-state index contributed by atoms with van der Waals surface area (Å²) in [5.41, 5.74) is 0. The van der Waals surface area contributed by atoms with E-state index in [1.54, 1.807) is 0 Å². The average molecular weight is 247 g/mol. The molecule has 3 N–H and O–H groups in total. The van der Waals surface area contributed by atoms with Crippen LogP contribution >= 0.6 is 0 Å². The molecule has 102 valence electrons. The normalized spacial score (nSPS) is 35.1. The average Bonchev–Trinajstić information content (AvgIpc) is 2.32. The van der Waals surface area contributed by atoms with Gasteiger partial charge in [-0.2, -0.15) is 0 Å². The number of likely N-dealkylation sites (tertiary alicyclic amines) is 1. The molecule has 0 spiro atoms. The fraction of sp³-hybridized carbons (Fsp3) is 1.00. The quantitative estimate of drug-likeness (QED) is 0.595. The minimum Gasteiger partial charge on any atom is -0.395 e. The molecule has 0 saturated carbocycles. The van der Waals surface area contributed by atoms with E-state index < -0.39 is 12.2 Å². The van der Waals surface area contributed by atoms with Crippen molar-refractivity contribution >= 4 is 0 Å². The Morgan fingerprint density at radius 1 is 1.18 bits per heavy atom. The van der Waals surface area contributed by atoms with Crippen LogP contribution in [0.2, 0.25) is 0 Å². The fourth-order valence-corrected chi connectivity index (χ4v) is 2.33. The molecule has 1 heterocycles. The Labute approximate surface area is 103 Å². The summed E-state index contributed by atoms with van der Waals surface area (Å²) in [5.74, 6) is 0. The molecular formula is C12H25NO4. The predicted molar refractivity (Wildman–Crippen MR) is 64.8 cm³/mol. The minimum absolute atomic E-state index is 0.140. The van der Waals surface area contributed by atoms with Gasteiger partial charge in [0.25, 0.3) is 0 Å². The van der Waals surface area contributed by atoms with Crippen molar-refractivity contribution in [3.05, 3.63) is 0 Å². The van der Waals surface area contributed by atoms with Crippen LogP contribution in [0.1, 0.15) is 26.7 Å². The monoisotopic (exact) mass is 247 g/mol. The van der Waals surface area contributed by atoms with Crippen molar-refractivity contribution in [2.75, 3.05) is 26.3 Å². The van der Waals surface area contributed by atoms with Crippen molar-refractivity contribution in [2.24, 2.45) is 0 Å². The lowest BCUT2D eigenvalue weighted by molar-refractivity contribution is -0.162. The third-order valence-corrected chi connectivity index (χ3v) is 3.24. The molecule has 1 aliphatic rings. The number of aliphatic hydroxyl groups excluding tert-OH is 3. The molecular weight excluding hydrogens is 222 g/mol. The highest BCUT2D eigenvalue weighted by Crippen LogP contribution is 2.21. The first-order valence-corrected chi connectivity index (χ1v) is 6.48. The Hall–Kier alpha value is -0.200. The van der Waals surface area contributed by atoms with Crippen LogP contribution in [0.5, 0.6) is 0 Å². The van der Waals surface area contributed by atoms with Gasteiger partial charge in [0, 0.05) is 13.2 Å². The molecule has 17 heavy (non-hydrogen) atoms. The standard InChI is InChI=1S/C12H25NO4/c1-3-5-13-7-10(17-6-4-2)12(16)11(15)9(13)8-14/h9-12,14-16H,3-8H2,1-2H3/t9?,10?,11-,12?/m1/s1. The van der Waals surface area contributed by atoms with E-state index in [9.17, 15) is 15.3 Å². The first-order chi connectivity index (χ1) is 8.15. The van der Waals surface area contributed by atoms with Gasteiger partial charge >= 0.3 is 0 Å². The van der Waals surface area contributed by atoms with Crippen LogP contribution in [0.4, 0.5) is 0 Å². The Balaban J connectivity index is 2.64. The molecule has 0 aromatic carbocycles. The van der Waals surface area contributed by atoms with Gasteiger partial charge in [0.15, 0.2) is 0 Å². The number of rotatable bonds is 6. The lowest BCUT2D eigenvalue weighted by Gasteiger charge is -2.44. The van der Waals surface area contributed by atoms with Gasteiger partial charge in [0.1, 0.15) is 12.2 Å². The summed E-state index contributed by atoms with van der Waals surface area (Å²) < 4.78 is 5.55. The Morgan fingerprint density at radius 2 is 1.88 bits per heavy atom. The van der Waals surface area contributed by atoms with E-state index >= 15 is 0 Å². The van der Waals surface area contributed by atoms with E-state index in [2.05, 4.69) is 0 Å². The van der Waals surface area contributed by atoms with Crippen LogP contribution in [-0.4, -0.2) is 70.9 Å². The molecule has 3 unspecified atom stereocenters. The summed E-state index contributed by atoms with van der Waals surface area (Å²) in [6.45, 7) is 5.86. The Morgan fingerprint density at radius 3 is 2.41 bits per heavy atom.